The molecule has 2 aliphatic rings. The summed E-state index contributed by atoms with van der Waals surface area (Å²) in [5.41, 5.74) is 0.644. The number of aromatic nitrogens is 3. The van der Waals surface area contributed by atoms with Gasteiger partial charge in [-0.3, -0.25) is 4.79 Å². The van der Waals surface area contributed by atoms with Crippen LogP contribution >= 0.6 is 11.6 Å². The van der Waals surface area contributed by atoms with E-state index in [4.69, 9.17) is 16.3 Å². The minimum Gasteiger partial charge on any atom is -0.496 e. The Labute approximate surface area is 151 Å². The van der Waals surface area contributed by atoms with Gasteiger partial charge in [0.05, 0.1) is 12.7 Å². The third-order valence-corrected chi connectivity index (χ3v) is 5.97. The normalized spacial score (nSPS) is 21.4. The number of hydrogen-bond donors (Lipinski definition) is 0. The number of benzene rings is 1. The standard InChI is InChI=1S/C18H21ClN4O2/c1-22-11-20-21-16(22)14-9-23(10-18(14)6-3-7-18)17(24)13-8-12(19)4-5-15(13)25-2/h4-5,8,11,14H,3,6-7,9-10H2,1-2H3. The van der Waals surface area contributed by atoms with Crippen molar-refractivity contribution in [3.8, 4) is 5.75 Å². The SMILES string of the molecule is COc1ccc(Cl)cc1C(=O)N1CC(c2nncn2C)C2(CCC2)C1. The summed E-state index contributed by atoms with van der Waals surface area (Å²) in [4.78, 5) is 15.1. The molecule has 2 heterocycles. The van der Waals surface area contributed by atoms with Crippen molar-refractivity contribution in [3.63, 3.8) is 0 Å². The fourth-order valence-electron chi connectivity index (χ4n) is 4.24. The molecule has 2 aromatic rings. The maximum atomic E-state index is 13.2. The van der Waals surface area contributed by atoms with Gasteiger partial charge in [-0.25, -0.2) is 0 Å². The van der Waals surface area contributed by atoms with Crippen molar-refractivity contribution < 1.29 is 9.53 Å². The lowest BCUT2D eigenvalue weighted by Gasteiger charge is -2.42. The van der Waals surface area contributed by atoms with Crippen LogP contribution in [0.5, 0.6) is 5.75 Å². The summed E-state index contributed by atoms with van der Waals surface area (Å²) in [6.45, 7) is 1.40. The van der Waals surface area contributed by atoms with Crippen molar-refractivity contribution in [3.05, 3.63) is 40.9 Å². The second-order valence-corrected chi connectivity index (χ2v) is 7.54. The van der Waals surface area contributed by atoms with Crippen LogP contribution in [0.4, 0.5) is 0 Å². The van der Waals surface area contributed by atoms with Gasteiger partial charge in [-0.05, 0) is 36.5 Å². The van der Waals surface area contributed by atoms with Gasteiger partial charge in [0.1, 0.15) is 17.9 Å². The van der Waals surface area contributed by atoms with Crippen LogP contribution in [0.1, 0.15) is 41.4 Å². The zero-order valence-electron chi connectivity index (χ0n) is 14.4. The van der Waals surface area contributed by atoms with E-state index in [1.807, 2.05) is 16.5 Å². The first-order chi connectivity index (χ1) is 12.0. The van der Waals surface area contributed by atoms with Crippen LogP contribution in [-0.4, -0.2) is 45.8 Å². The molecular formula is C18H21ClN4O2. The Morgan fingerprint density at radius 2 is 2.20 bits per heavy atom. The minimum atomic E-state index is -0.0321. The van der Waals surface area contributed by atoms with E-state index in [0.717, 1.165) is 25.2 Å². The number of hydrogen-bond acceptors (Lipinski definition) is 4. The van der Waals surface area contributed by atoms with E-state index in [0.29, 0.717) is 22.9 Å². The van der Waals surface area contributed by atoms with Crippen molar-refractivity contribution in [2.24, 2.45) is 12.5 Å². The first kappa shape index (κ1) is 16.4. The molecule has 2 fully saturated rings. The number of likely N-dealkylation sites (tertiary alicyclic amines) is 1. The first-order valence-corrected chi connectivity index (χ1v) is 8.88. The number of rotatable bonds is 3. The molecule has 0 bridgehead atoms. The molecule has 1 aliphatic carbocycles. The maximum Gasteiger partial charge on any atom is 0.257 e. The van der Waals surface area contributed by atoms with E-state index in [2.05, 4.69) is 10.2 Å². The molecule has 1 unspecified atom stereocenters. The molecule has 0 radical (unpaired) electrons. The molecule has 7 heteroatoms. The van der Waals surface area contributed by atoms with E-state index in [9.17, 15) is 4.79 Å². The highest BCUT2D eigenvalue weighted by atomic mass is 35.5. The number of carbonyl (C=O) groups is 1. The highest BCUT2D eigenvalue weighted by Crippen LogP contribution is 2.55. The molecule has 1 spiro atoms. The number of halogens is 1. The van der Waals surface area contributed by atoms with Gasteiger partial charge in [0.15, 0.2) is 0 Å². The Morgan fingerprint density at radius 3 is 2.80 bits per heavy atom. The van der Waals surface area contributed by atoms with Crippen molar-refractivity contribution in [2.75, 3.05) is 20.2 Å². The van der Waals surface area contributed by atoms with Gasteiger partial charge in [0.2, 0.25) is 0 Å². The largest absolute Gasteiger partial charge is 0.496 e. The lowest BCUT2D eigenvalue weighted by atomic mass is 9.62. The zero-order chi connectivity index (χ0) is 17.6. The third kappa shape index (κ3) is 2.59. The number of ether oxygens (including phenoxy) is 1. The Bertz CT molecular complexity index is 815. The summed E-state index contributed by atoms with van der Waals surface area (Å²) in [5.74, 6) is 1.71. The van der Waals surface area contributed by atoms with Crippen LogP contribution in [0, 0.1) is 5.41 Å². The van der Waals surface area contributed by atoms with Crippen molar-refractivity contribution in [2.45, 2.75) is 25.2 Å². The van der Waals surface area contributed by atoms with Gasteiger partial charge in [0, 0.05) is 31.1 Å². The van der Waals surface area contributed by atoms with Crippen molar-refractivity contribution >= 4 is 17.5 Å². The van der Waals surface area contributed by atoms with E-state index >= 15 is 0 Å². The maximum absolute atomic E-state index is 13.2. The number of amides is 1. The monoisotopic (exact) mass is 360 g/mol. The van der Waals surface area contributed by atoms with Crippen molar-refractivity contribution in [1.82, 2.24) is 19.7 Å². The smallest absolute Gasteiger partial charge is 0.257 e. The van der Waals surface area contributed by atoms with Crippen LogP contribution in [0.25, 0.3) is 0 Å². The zero-order valence-corrected chi connectivity index (χ0v) is 15.2. The third-order valence-electron chi connectivity index (χ3n) is 5.73. The summed E-state index contributed by atoms with van der Waals surface area (Å²) in [6, 6.07) is 5.16. The van der Waals surface area contributed by atoms with Crippen LogP contribution in [0.15, 0.2) is 24.5 Å². The van der Waals surface area contributed by atoms with Gasteiger partial charge in [0.25, 0.3) is 5.91 Å². The molecular weight excluding hydrogens is 340 g/mol. The molecule has 1 saturated heterocycles. The average Bonchev–Trinajstić information content (AvgIpc) is 3.17. The Balaban J connectivity index is 1.65. The predicted molar refractivity (Wildman–Crippen MR) is 93.9 cm³/mol. The van der Waals surface area contributed by atoms with Gasteiger partial charge >= 0.3 is 0 Å². The molecule has 1 aliphatic heterocycles. The Kier molecular flexibility index (Phi) is 3.95. The quantitative estimate of drug-likeness (QED) is 0.844. The van der Waals surface area contributed by atoms with E-state index < -0.39 is 0 Å². The van der Waals surface area contributed by atoms with Gasteiger partial charge in [-0.2, -0.15) is 0 Å². The van der Waals surface area contributed by atoms with Gasteiger partial charge in [-0.1, -0.05) is 18.0 Å². The van der Waals surface area contributed by atoms with Crippen LogP contribution in [-0.2, 0) is 7.05 Å². The Hall–Kier alpha value is -2.08. The first-order valence-electron chi connectivity index (χ1n) is 8.51. The molecule has 1 aromatic heterocycles. The predicted octanol–water partition coefficient (Wildman–Crippen LogP) is 2.89. The summed E-state index contributed by atoms with van der Waals surface area (Å²) in [6.07, 6.45) is 5.19. The molecule has 1 aromatic carbocycles. The molecule has 1 saturated carbocycles. The molecule has 4 rings (SSSR count). The highest BCUT2D eigenvalue weighted by Gasteiger charge is 2.53. The van der Waals surface area contributed by atoms with E-state index in [1.54, 1.807) is 31.6 Å². The lowest BCUT2D eigenvalue weighted by molar-refractivity contribution is 0.0720. The topological polar surface area (TPSA) is 60.2 Å². The van der Waals surface area contributed by atoms with Crippen molar-refractivity contribution in [1.29, 1.82) is 0 Å². The lowest BCUT2D eigenvalue weighted by Crippen LogP contribution is -2.38. The second kappa shape index (κ2) is 6.02. The fraction of sp³-hybridized carbons (Fsp3) is 0.500. The fourth-order valence-corrected chi connectivity index (χ4v) is 4.41. The summed E-state index contributed by atoms with van der Waals surface area (Å²) in [7, 11) is 3.53. The second-order valence-electron chi connectivity index (χ2n) is 7.10. The summed E-state index contributed by atoms with van der Waals surface area (Å²) >= 11 is 6.10. The number of nitrogens with zero attached hydrogens (tertiary/aromatic N) is 4. The highest BCUT2D eigenvalue weighted by molar-refractivity contribution is 6.31. The van der Waals surface area contributed by atoms with E-state index in [-0.39, 0.29) is 17.2 Å². The molecule has 25 heavy (non-hydrogen) atoms. The van der Waals surface area contributed by atoms with E-state index in [1.165, 1.54) is 6.42 Å². The molecule has 6 nitrogen and oxygen atoms in total. The number of methoxy groups -OCH3 is 1. The summed E-state index contributed by atoms with van der Waals surface area (Å²) in [5, 5.41) is 8.88. The van der Waals surface area contributed by atoms with Gasteiger partial charge in [-0.15, -0.1) is 10.2 Å². The van der Waals surface area contributed by atoms with Crippen LogP contribution < -0.4 is 4.74 Å². The number of carbonyl (C=O) groups excluding carboxylic acids is 1. The molecule has 1 atom stereocenters. The van der Waals surface area contributed by atoms with Crippen LogP contribution in [0.2, 0.25) is 5.02 Å². The molecule has 0 N–H and O–H groups in total. The minimum absolute atomic E-state index is 0.0321. The summed E-state index contributed by atoms with van der Waals surface area (Å²) < 4.78 is 7.33. The Morgan fingerprint density at radius 1 is 1.40 bits per heavy atom. The molecule has 1 amide bonds. The van der Waals surface area contributed by atoms with Crippen LogP contribution in [0.3, 0.4) is 0 Å². The average molecular weight is 361 g/mol. The number of aryl methyl sites for hydroxylation is 1. The van der Waals surface area contributed by atoms with Gasteiger partial charge < -0.3 is 14.2 Å². The molecule has 132 valence electrons.